The molecule has 2 unspecified atom stereocenters. The Bertz CT molecular complexity index is 1510. The number of nitrogens with zero attached hydrogens (tertiary/aromatic N) is 2. The molecule has 2 N–H and O–H groups in total. The van der Waals surface area contributed by atoms with Crippen LogP contribution in [0.25, 0.3) is 0 Å². The Balaban J connectivity index is 1.49. The molecule has 0 radical (unpaired) electrons. The maximum absolute atomic E-state index is 13.6. The van der Waals surface area contributed by atoms with E-state index >= 15 is 0 Å². The number of nitrogens with one attached hydrogen (secondary N) is 2. The van der Waals surface area contributed by atoms with Gasteiger partial charge in [-0.25, -0.2) is 0 Å². The van der Waals surface area contributed by atoms with Gasteiger partial charge in [-0.05, 0) is 60.8 Å². The molecule has 14 heteroatoms. The minimum atomic E-state index is -5.11. The van der Waals surface area contributed by atoms with E-state index < -0.39 is 41.0 Å². The SMILES string of the molecule is CCC(CCNCc1ccccc1)NCC(=O)N1CCN(C(=O)c2cc(C(F)(F)F)cc(C(F)(F)F)c2)CC1c1ccc(Cl)c(Cl)c1. The van der Waals surface area contributed by atoms with Gasteiger partial charge in [-0.2, -0.15) is 26.3 Å². The zero-order chi connectivity index (χ0) is 34.4. The fourth-order valence-electron chi connectivity index (χ4n) is 5.42. The molecule has 0 aromatic heterocycles. The van der Waals surface area contributed by atoms with E-state index in [-0.39, 0.29) is 54.2 Å². The quantitative estimate of drug-likeness (QED) is 0.160. The van der Waals surface area contributed by atoms with Crippen LogP contribution in [0.1, 0.15) is 58.4 Å². The third-order valence-corrected chi connectivity index (χ3v) is 8.77. The van der Waals surface area contributed by atoms with E-state index in [0.717, 1.165) is 23.3 Å². The van der Waals surface area contributed by atoms with Gasteiger partial charge in [0.15, 0.2) is 0 Å². The number of halogens is 8. The highest BCUT2D eigenvalue weighted by Crippen LogP contribution is 2.37. The van der Waals surface area contributed by atoms with Crippen LogP contribution in [0.4, 0.5) is 26.3 Å². The van der Waals surface area contributed by atoms with E-state index in [9.17, 15) is 35.9 Å². The second-order valence-electron chi connectivity index (χ2n) is 11.3. The molecule has 254 valence electrons. The predicted molar refractivity (Wildman–Crippen MR) is 168 cm³/mol. The number of carbonyl (C=O) groups is 2. The average Bonchev–Trinajstić information content (AvgIpc) is 3.04. The maximum atomic E-state index is 13.6. The van der Waals surface area contributed by atoms with E-state index in [1.165, 1.54) is 17.0 Å². The zero-order valence-corrected chi connectivity index (χ0v) is 26.9. The van der Waals surface area contributed by atoms with Crippen molar-refractivity contribution in [1.29, 1.82) is 0 Å². The molecule has 1 fully saturated rings. The smallest absolute Gasteiger partial charge is 0.334 e. The lowest BCUT2D eigenvalue weighted by atomic mass is 9.99. The van der Waals surface area contributed by atoms with Crippen molar-refractivity contribution in [3.05, 3.63) is 105 Å². The first-order valence-electron chi connectivity index (χ1n) is 15.0. The third-order valence-electron chi connectivity index (χ3n) is 8.03. The van der Waals surface area contributed by atoms with Crippen LogP contribution < -0.4 is 10.6 Å². The topological polar surface area (TPSA) is 64.7 Å². The van der Waals surface area contributed by atoms with Crippen molar-refractivity contribution < 1.29 is 35.9 Å². The van der Waals surface area contributed by atoms with Gasteiger partial charge in [0.2, 0.25) is 5.91 Å². The standard InChI is InChI=1S/C33H34Cl2F6N4O2/c1-2-26(10-11-42-18-21-6-4-3-5-7-21)43-19-30(46)45-13-12-44(20-29(45)22-8-9-27(34)28(35)16-22)31(47)23-14-24(32(36,37)38)17-25(15-23)33(39,40)41/h3-9,14-17,26,29,42-43H,2,10-13,18-20H2,1H3. The minimum absolute atomic E-state index is 0.0162. The van der Waals surface area contributed by atoms with Crippen LogP contribution in [0.15, 0.2) is 66.7 Å². The summed E-state index contributed by atoms with van der Waals surface area (Å²) >= 11 is 12.3. The van der Waals surface area contributed by atoms with Gasteiger partial charge in [0.05, 0.1) is 33.8 Å². The number of rotatable bonds is 11. The molecule has 3 aromatic carbocycles. The zero-order valence-electron chi connectivity index (χ0n) is 25.4. The largest absolute Gasteiger partial charge is 0.416 e. The van der Waals surface area contributed by atoms with Crippen LogP contribution in [0.3, 0.4) is 0 Å². The predicted octanol–water partition coefficient (Wildman–Crippen LogP) is 7.60. The first-order valence-corrected chi connectivity index (χ1v) is 15.7. The third kappa shape index (κ3) is 9.85. The van der Waals surface area contributed by atoms with Crippen molar-refractivity contribution in [3.63, 3.8) is 0 Å². The summed E-state index contributed by atoms with van der Waals surface area (Å²) in [5.41, 5.74) is -2.27. The summed E-state index contributed by atoms with van der Waals surface area (Å²) in [4.78, 5) is 29.7. The van der Waals surface area contributed by atoms with Crippen LogP contribution in [0.2, 0.25) is 10.0 Å². The van der Waals surface area contributed by atoms with Gasteiger partial charge < -0.3 is 20.4 Å². The number of piperazine rings is 1. The first-order chi connectivity index (χ1) is 22.2. The second kappa shape index (κ2) is 15.7. The Kier molecular flexibility index (Phi) is 12.2. The van der Waals surface area contributed by atoms with Gasteiger partial charge in [-0.3, -0.25) is 9.59 Å². The van der Waals surface area contributed by atoms with Crippen molar-refractivity contribution in [2.24, 2.45) is 0 Å². The van der Waals surface area contributed by atoms with Crippen LogP contribution >= 0.6 is 23.2 Å². The molecule has 1 aliphatic rings. The summed E-state index contributed by atoms with van der Waals surface area (Å²) in [5.74, 6) is -1.31. The summed E-state index contributed by atoms with van der Waals surface area (Å²) in [5, 5.41) is 7.10. The molecule has 6 nitrogen and oxygen atoms in total. The van der Waals surface area contributed by atoms with E-state index in [1.54, 1.807) is 6.07 Å². The molecule has 2 amide bonds. The van der Waals surface area contributed by atoms with E-state index in [2.05, 4.69) is 10.6 Å². The Morgan fingerprint density at radius 3 is 2.15 bits per heavy atom. The van der Waals surface area contributed by atoms with Crippen molar-refractivity contribution in [2.75, 3.05) is 32.7 Å². The number of amides is 2. The van der Waals surface area contributed by atoms with Crippen molar-refractivity contribution in [2.45, 2.75) is 50.7 Å². The summed E-state index contributed by atoms with van der Waals surface area (Å²) in [6, 6.07) is 14.6. The molecule has 0 saturated carbocycles. The highest BCUT2D eigenvalue weighted by molar-refractivity contribution is 6.42. The van der Waals surface area contributed by atoms with Crippen LogP contribution in [-0.2, 0) is 23.7 Å². The highest BCUT2D eigenvalue weighted by atomic mass is 35.5. The Hall–Kier alpha value is -3.32. The molecule has 1 saturated heterocycles. The number of hydrogen-bond acceptors (Lipinski definition) is 4. The summed E-state index contributed by atoms with van der Waals surface area (Å²) in [6.45, 7) is 3.08. The van der Waals surface area contributed by atoms with E-state index in [0.29, 0.717) is 30.8 Å². The highest BCUT2D eigenvalue weighted by Gasteiger charge is 2.39. The van der Waals surface area contributed by atoms with E-state index in [1.807, 2.05) is 37.3 Å². The normalized spacial score (nSPS) is 16.3. The second-order valence-corrected chi connectivity index (χ2v) is 12.1. The maximum Gasteiger partial charge on any atom is 0.416 e. The van der Waals surface area contributed by atoms with Gasteiger partial charge in [-0.1, -0.05) is 66.5 Å². The van der Waals surface area contributed by atoms with Gasteiger partial charge in [0.1, 0.15) is 0 Å². The fourth-order valence-corrected chi connectivity index (χ4v) is 5.73. The summed E-state index contributed by atoms with van der Waals surface area (Å²) < 4.78 is 80.9. The van der Waals surface area contributed by atoms with Gasteiger partial charge in [0.25, 0.3) is 5.91 Å². The number of alkyl halides is 6. The lowest BCUT2D eigenvalue weighted by Gasteiger charge is -2.42. The van der Waals surface area contributed by atoms with Crippen molar-refractivity contribution in [1.82, 2.24) is 20.4 Å². The van der Waals surface area contributed by atoms with Gasteiger partial charge in [-0.15, -0.1) is 0 Å². The molecule has 3 aromatic rings. The molecular weight excluding hydrogens is 669 g/mol. The molecular formula is C33H34Cl2F6N4O2. The molecule has 4 rings (SSSR count). The molecule has 1 aliphatic heterocycles. The molecule has 0 spiro atoms. The Morgan fingerprint density at radius 1 is 0.894 bits per heavy atom. The van der Waals surface area contributed by atoms with Crippen LogP contribution in [-0.4, -0.2) is 60.4 Å². The number of benzene rings is 3. The molecule has 2 atom stereocenters. The Morgan fingerprint density at radius 2 is 1.55 bits per heavy atom. The lowest BCUT2D eigenvalue weighted by molar-refractivity contribution is -0.143. The molecule has 47 heavy (non-hydrogen) atoms. The fraction of sp³-hybridized carbons (Fsp3) is 0.394. The van der Waals surface area contributed by atoms with Crippen LogP contribution in [0, 0.1) is 0 Å². The van der Waals surface area contributed by atoms with Gasteiger partial charge >= 0.3 is 12.4 Å². The number of carbonyl (C=O) groups excluding carboxylic acids is 2. The minimum Gasteiger partial charge on any atom is -0.334 e. The van der Waals surface area contributed by atoms with E-state index in [4.69, 9.17) is 23.2 Å². The molecule has 0 bridgehead atoms. The van der Waals surface area contributed by atoms with Gasteiger partial charge in [0, 0.05) is 37.8 Å². The summed E-state index contributed by atoms with van der Waals surface area (Å²) in [7, 11) is 0. The van der Waals surface area contributed by atoms with Crippen molar-refractivity contribution in [3.8, 4) is 0 Å². The molecule has 0 aliphatic carbocycles. The lowest BCUT2D eigenvalue weighted by Crippen LogP contribution is -2.54. The summed E-state index contributed by atoms with van der Waals surface area (Å²) in [6.07, 6.45) is -8.70. The number of hydrogen-bond donors (Lipinski definition) is 2. The van der Waals surface area contributed by atoms with Crippen LogP contribution in [0.5, 0.6) is 0 Å². The molecule has 1 heterocycles. The Labute approximate surface area is 279 Å². The van der Waals surface area contributed by atoms with Crippen molar-refractivity contribution >= 4 is 35.0 Å². The monoisotopic (exact) mass is 702 g/mol. The average molecular weight is 704 g/mol. The first kappa shape index (κ1) is 36.5.